The van der Waals surface area contributed by atoms with Crippen LogP contribution in [0, 0.1) is 0 Å². The first-order chi connectivity index (χ1) is 12.1. The molecule has 6 nitrogen and oxygen atoms in total. The Bertz CT molecular complexity index is 496. The first-order valence-corrected chi connectivity index (χ1v) is 8.54. The summed E-state index contributed by atoms with van der Waals surface area (Å²) < 4.78 is 27.9. The lowest BCUT2D eigenvalue weighted by atomic mass is 10.1. The van der Waals surface area contributed by atoms with Crippen LogP contribution in [0.1, 0.15) is 51.4 Å². The highest BCUT2D eigenvalue weighted by Crippen LogP contribution is 2.30. The summed E-state index contributed by atoms with van der Waals surface area (Å²) >= 11 is 0. The van der Waals surface area contributed by atoms with Gasteiger partial charge in [-0.2, -0.15) is 0 Å². The summed E-state index contributed by atoms with van der Waals surface area (Å²) in [6.45, 7) is 12.9. The van der Waals surface area contributed by atoms with Gasteiger partial charge in [0.25, 0.3) is 0 Å². The fraction of sp³-hybridized carbons (Fsp3) is 0.526. The molecule has 0 heterocycles. The van der Waals surface area contributed by atoms with Crippen LogP contribution in [0.5, 0.6) is 5.75 Å². The highest BCUT2D eigenvalue weighted by Gasteiger charge is 2.19. The number of carbonyl (C=O) groups excluding carboxylic acids is 1. The van der Waals surface area contributed by atoms with E-state index >= 15 is 0 Å². The minimum absolute atomic E-state index is 0.353. The monoisotopic (exact) mass is 352 g/mol. The van der Waals surface area contributed by atoms with Gasteiger partial charge in [-0.3, -0.25) is 0 Å². The van der Waals surface area contributed by atoms with E-state index in [1.54, 1.807) is 12.1 Å². The van der Waals surface area contributed by atoms with Gasteiger partial charge in [-0.15, -0.1) is 0 Å². The van der Waals surface area contributed by atoms with Gasteiger partial charge in [0, 0.05) is 43.6 Å². The first-order valence-electron chi connectivity index (χ1n) is 8.54. The summed E-state index contributed by atoms with van der Waals surface area (Å²) in [6, 6.07) is 5.28. The molecule has 0 aliphatic heterocycles. The predicted octanol–water partition coefficient (Wildman–Crippen LogP) is 3.92. The van der Waals surface area contributed by atoms with Gasteiger partial charge < -0.3 is 23.7 Å². The molecule has 0 spiro atoms. The zero-order valence-electron chi connectivity index (χ0n) is 15.4. The second-order valence-corrected chi connectivity index (χ2v) is 4.95. The smallest absolute Gasteiger partial charge is 0.335 e. The van der Waals surface area contributed by atoms with E-state index in [-0.39, 0.29) is 0 Å². The SMILES string of the molecule is C=CC(=O)Oc1cc(C(OCC)OCC)cc(C(OCC)OCC)c1. The number of ether oxygens (including phenoxy) is 5. The van der Waals surface area contributed by atoms with E-state index < -0.39 is 18.5 Å². The number of rotatable bonds is 12. The second kappa shape index (κ2) is 11.8. The Labute approximate surface area is 149 Å². The number of hydrogen-bond donors (Lipinski definition) is 0. The van der Waals surface area contributed by atoms with Crippen LogP contribution in [0.3, 0.4) is 0 Å². The van der Waals surface area contributed by atoms with Crippen molar-refractivity contribution in [2.24, 2.45) is 0 Å². The van der Waals surface area contributed by atoms with Crippen LogP contribution in [-0.4, -0.2) is 32.4 Å². The van der Waals surface area contributed by atoms with Crippen molar-refractivity contribution >= 4 is 5.97 Å². The Balaban J connectivity index is 3.28. The van der Waals surface area contributed by atoms with Crippen molar-refractivity contribution in [2.75, 3.05) is 26.4 Å². The lowest BCUT2D eigenvalue weighted by Crippen LogP contribution is -2.14. The second-order valence-electron chi connectivity index (χ2n) is 4.95. The maximum atomic E-state index is 11.6. The Morgan fingerprint density at radius 3 is 1.60 bits per heavy atom. The molecule has 0 aliphatic rings. The number of esters is 1. The fourth-order valence-corrected chi connectivity index (χ4v) is 2.22. The molecule has 1 rings (SSSR count). The van der Waals surface area contributed by atoms with Crippen LogP contribution < -0.4 is 4.74 Å². The van der Waals surface area contributed by atoms with Crippen molar-refractivity contribution in [1.82, 2.24) is 0 Å². The molecule has 140 valence electrons. The topological polar surface area (TPSA) is 63.2 Å². The van der Waals surface area contributed by atoms with Crippen LogP contribution in [0.25, 0.3) is 0 Å². The highest BCUT2D eigenvalue weighted by atomic mass is 16.7. The summed E-state index contributed by atoms with van der Waals surface area (Å²) in [5.41, 5.74) is 1.44. The molecular weight excluding hydrogens is 324 g/mol. The van der Waals surface area contributed by atoms with Crippen LogP contribution in [0.15, 0.2) is 30.9 Å². The molecule has 6 heteroatoms. The van der Waals surface area contributed by atoms with E-state index in [4.69, 9.17) is 23.7 Å². The van der Waals surface area contributed by atoms with Crippen molar-refractivity contribution in [3.05, 3.63) is 42.0 Å². The Kier molecular flexibility index (Phi) is 10.0. The summed E-state index contributed by atoms with van der Waals surface area (Å²) in [6.07, 6.45) is -0.0302. The molecule has 0 bridgehead atoms. The van der Waals surface area contributed by atoms with Gasteiger partial charge in [0.1, 0.15) is 5.75 Å². The third kappa shape index (κ3) is 6.96. The summed E-state index contributed by atoms with van der Waals surface area (Å²) in [4.78, 5) is 11.6. The lowest BCUT2D eigenvalue weighted by molar-refractivity contribution is -0.144. The number of hydrogen-bond acceptors (Lipinski definition) is 6. The molecule has 0 N–H and O–H groups in total. The maximum absolute atomic E-state index is 11.6. The van der Waals surface area contributed by atoms with Gasteiger partial charge in [0.05, 0.1) is 0 Å². The van der Waals surface area contributed by atoms with Crippen LogP contribution in [0.2, 0.25) is 0 Å². The van der Waals surface area contributed by atoms with Gasteiger partial charge in [-0.25, -0.2) is 4.79 Å². The molecule has 0 radical (unpaired) electrons. The van der Waals surface area contributed by atoms with Crippen molar-refractivity contribution in [3.63, 3.8) is 0 Å². The van der Waals surface area contributed by atoms with E-state index in [2.05, 4.69) is 6.58 Å². The van der Waals surface area contributed by atoms with Crippen molar-refractivity contribution in [1.29, 1.82) is 0 Å². The average Bonchev–Trinajstić information content (AvgIpc) is 2.61. The third-order valence-electron chi connectivity index (χ3n) is 3.15. The Hall–Kier alpha value is -1.73. The quantitative estimate of drug-likeness (QED) is 0.246. The molecule has 25 heavy (non-hydrogen) atoms. The number of carbonyl (C=O) groups is 1. The standard InChI is InChI=1S/C19H28O6/c1-6-17(20)25-16-12-14(18(21-7-2)22-8-3)11-15(13-16)19(23-9-4)24-10-5/h6,11-13,18-19H,1,7-10H2,2-5H3. The molecule has 0 unspecified atom stereocenters. The molecule has 0 aromatic heterocycles. The molecule has 0 aliphatic carbocycles. The Morgan fingerprint density at radius 1 is 0.880 bits per heavy atom. The molecule has 0 saturated heterocycles. The van der Waals surface area contributed by atoms with Crippen molar-refractivity contribution < 1.29 is 28.5 Å². The zero-order valence-corrected chi connectivity index (χ0v) is 15.4. The Morgan fingerprint density at radius 2 is 1.28 bits per heavy atom. The molecule has 1 aromatic carbocycles. The van der Waals surface area contributed by atoms with Crippen LogP contribution >= 0.6 is 0 Å². The number of benzene rings is 1. The normalized spacial score (nSPS) is 11.1. The van der Waals surface area contributed by atoms with Crippen molar-refractivity contribution in [2.45, 2.75) is 40.3 Å². The molecule has 0 atom stereocenters. The zero-order chi connectivity index (χ0) is 18.7. The van der Waals surface area contributed by atoms with E-state index in [0.717, 1.165) is 17.2 Å². The van der Waals surface area contributed by atoms with Gasteiger partial charge >= 0.3 is 5.97 Å². The van der Waals surface area contributed by atoms with Gasteiger partial charge in [-0.05, 0) is 45.9 Å². The summed E-state index contributed by atoms with van der Waals surface area (Å²) in [7, 11) is 0. The van der Waals surface area contributed by atoms with E-state index in [1.807, 2.05) is 33.8 Å². The molecule has 0 saturated carbocycles. The average molecular weight is 352 g/mol. The first kappa shape index (κ1) is 21.3. The molecule has 0 fully saturated rings. The lowest BCUT2D eigenvalue weighted by Gasteiger charge is -2.22. The largest absolute Gasteiger partial charge is 0.423 e. The third-order valence-corrected chi connectivity index (χ3v) is 3.15. The van der Waals surface area contributed by atoms with Gasteiger partial charge in [-0.1, -0.05) is 6.58 Å². The van der Waals surface area contributed by atoms with Crippen LogP contribution in [0.4, 0.5) is 0 Å². The molecule has 1 aromatic rings. The van der Waals surface area contributed by atoms with Gasteiger partial charge in [0.2, 0.25) is 0 Å². The summed E-state index contributed by atoms with van der Waals surface area (Å²) in [5, 5.41) is 0. The van der Waals surface area contributed by atoms with E-state index in [1.165, 1.54) is 0 Å². The highest BCUT2D eigenvalue weighted by molar-refractivity contribution is 5.83. The fourth-order valence-electron chi connectivity index (χ4n) is 2.22. The minimum atomic E-state index is -0.569. The predicted molar refractivity (Wildman–Crippen MR) is 94.3 cm³/mol. The summed E-state index contributed by atoms with van der Waals surface area (Å²) in [5.74, 6) is -0.192. The maximum Gasteiger partial charge on any atom is 0.335 e. The van der Waals surface area contributed by atoms with E-state index in [0.29, 0.717) is 32.2 Å². The van der Waals surface area contributed by atoms with Crippen LogP contribution in [-0.2, 0) is 23.7 Å². The van der Waals surface area contributed by atoms with Gasteiger partial charge in [0.15, 0.2) is 12.6 Å². The van der Waals surface area contributed by atoms with Crippen molar-refractivity contribution in [3.8, 4) is 5.75 Å². The molecule has 0 amide bonds. The molecular formula is C19H28O6. The minimum Gasteiger partial charge on any atom is -0.423 e. The van der Waals surface area contributed by atoms with E-state index in [9.17, 15) is 4.79 Å².